The van der Waals surface area contributed by atoms with Crippen molar-refractivity contribution in [3.63, 3.8) is 0 Å². The van der Waals surface area contributed by atoms with E-state index in [2.05, 4.69) is 20.8 Å². The Balaban J connectivity index is 3.28. The summed E-state index contributed by atoms with van der Waals surface area (Å²) in [5.74, 6) is 1.02. The van der Waals surface area contributed by atoms with Crippen molar-refractivity contribution in [3.8, 4) is 0 Å². The first-order valence-electron chi connectivity index (χ1n) is 7.28. The molecule has 0 bridgehead atoms. The summed E-state index contributed by atoms with van der Waals surface area (Å²) in [4.78, 5) is 10.3. The number of rotatable bonds is 11. The minimum Gasteiger partial charge on any atom is -0.481 e. The molecule has 0 aliphatic heterocycles. The van der Waals surface area contributed by atoms with Crippen molar-refractivity contribution < 1.29 is 9.90 Å². The topological polar surface area (TPSA) is 37.3 Å². The lowest BCUT2D eigenvalue weighted by Gasteiger charge is -2.13. The summed E-state index contributed by atoms with van der Waals surface area (Å²) in [6.07, 6.45) is 10.1. The van der Waals surface area contributed by atoms with Crippen LogP contribution in [0.4, 0.5) is 0 Å². The molecule has 2 nitrogen and oxygen atoms in total. The van der Waals surface area contributed by atoms with Gasteiger partial charge in [-0.25, -0.2) is 0 Å². The third-order valence-electron chi connectivity index (χ3n) is 3.68. The second-order valence-electron chi connectivity index (χ2n) is 5.54. The van der Waals surface area contributed by atoms with E-state index >= 15 is 0 Å². The molecule has 2 heteroatoms. The molecule has 0 saturated heterocycles. The zero-order valence-electron chi connectivity index (χ0n) is 11.9. The molecule has 0 aliphatic rings. The number of carboxylic acids is 1. The Hall–Kier alpha value is -0.530. The zero-order valence-corrected chi connectivity index (χ0v) is 11.9. The normalized spacial score (nSPS) is 14.5. The van der Waals surface area contributed by atoms with Crippen LogP contribution in [0.1, 0.15) is 78.6 Å². The first-order valence-corrected chi connectivity index (χ1v) is 7.28. The van der Waals surface area contributed by atoms with Gasteiger partial charge in [0.05, 0.1) is 0 Å². The first kappa shape index (κ1) is 16.5. The van der Waals surface area contributed by atoms with Gasteiger partial charge in [0.2, 0.25) is 0 Å². The van der Waals surface area contributed by atoms with Crippen molar-refractivity contribution in [3.05, 3.63) is 0 Å². The SMILES string of the molecule is CCC(C)CCCC(C)CCCCCC(=O)O. The zero-order chi connectivity index (χ0) is 13.1. The van der Waals surface area contributed by atoms with E-state index in [4.69, 9.17) is 5.11 Å². The van der Waals surface area contributed by atoms with Crippen molar-refractivity contribution in [1.29, 1.82) is 0 Å². The maximum atomic E-state index is 10.3. The van der Waals surface area contributed by atoms with Crippen LogP contribution in [-0.2, 0) is 4.79 Å². The third-order valence-corrected chi connectivity index (χ3v) is 3.68. The molecule has 0 rings (SSSR count). The molecule has 0 aromatic rings. The summed E-state index contributed by atoms with van der Waals surface area (Å²) in [6, 6.07) is 0. The van der Waals surface area contributed by atoms with Crippen molar-refractivity contribution >= 4 is 5.97 Å². The molecule has 1 N–H and O–H groups in total. The minimum absolute atomic E-state index is 0.336. The lowest BCUT2D eigenvalue weighted by atomic mass is 9.94. The van der Waals surface area contributed by atoms with Crippen LogP contribution < -0.4 is 0 Å². The quantitative estimate of drug-likeness (QED) is 0.525. The first-order chi connectivity index (χ1) is 8.06. The van der Waals surface area contributed by atoms with Gasteiger partial charge in [0.15, 0.2) is 0 Å². The van der Waals surface area contributed by atoms with Gasteiger partial charge in [-0.05, 0) is 18.3 Å². The largest absolute Gasteiger partial charge is 0.481 e. The van der Waals surface area contributed by atoms with Gasteiger partial charge in [0.25, 0.3) is 0 Å². The summed E-state index contributed by atoms with van der Waals surface area (Å²) in [5, 5.41) is 8.51. The van der Waals surface area contributed by atoms with Crippen molar-refractivity contribution in [1.82, 2.24) is 0 Å². The van der Waals surface area contributed by atoms with Gasteiger partial charge in [-0.15, -0.1) is 0 Å². The Morgan fingerprint density at radius 3 is 2.12 bits per heavy atom. The van der Waals surface area contributed by atoms with Crippen LogP contribution in [0, 0.1) is 11.8 Å². The summed E-state index contributed by atoms with van der Waals surface area (Å²) in [5.41, 5.74) is 0. The molecule has 0 saturated carbocycles. The van der Waals surface area contributed by atoms with Gasteiger partial charge in [-0.1, -0.05) is 65.7 Å². The lowest BCUT2D eigenvalue weighted by molar-refractivity contribution is -0.137. The van der Waals surface area contributed by atoms with Gasteiger partial charge in [0.1, 0.15) is 0 Å². The molecular formula is C15H30O2. The average Bonchev–Trinajstić information content (AvgIpc) is 2.27. The van der Waals surface area contributed by atoms with Crippen LogP contribution in [0.3, 0.4) is 0 Å². The van der Waals surface area contributed by atoms with Crippen LogP contribution in [0.2, 0.25) is 0 Å². The fourth-order valence-corrected chi connectivity index (χ4v) is 2.11. The molecule has 0 radical (unpaired) electrons. The fourth-order valence-electron chi connectivity index (χ4n) is 2.11. The van der Waals surface area contributed by atoms with Crippen molar-refractivity contribution in [2.24, 2.45) is 11.8 Å². The van der Waals surface area contributed by atoms with E-state index in [-0.39, 0.29) is 0 Å². The van der Waals surface area contributed by atoms with Gasteiger partial charge in [0, 0.05) is 6.42 Å². The minimum atomic E-state index is -0.661. The molecule has 0 fully saturated rings. The highest BCUT2D eigenvalue weighted by molar-refractivity contribution is 5.66. The number of carboxylic acid groups (broad SMARTS) is 1. The molecule has 2 unspecified atom stereocenters. The second-order valence-corrected chi connectivity index (χ2v) is 5.54. The summed E-state index contributed by atoms with van der Waals surface area (Å²) in [7, 11) is 0. The Bertz CT molecular complexity index is 189. The molecule has 0 aromatic carbocycles. The molecule has 17 heavy (non-hydrogen) atoms. The van der Waals surface area contributed by atoms with E-state index in [1.165, 1.54) is 38.5 Å². The Morgan fingerprint density at radius 2 is 1.53 bits per heavy atom. The van der Waals surface area contributed by atoms with E-state index in [1.54, 1.807) is 0 Å². The number of carbonyl (C=O) groups is 1. The summed E-state index contributed by atoms with van der Waals surface area (Å²) in [6.45, 7) is 6.92. The van der Waals surface area contributed by atoms with E-state index in [0.717, 1.165) is 24.7 Å². The third kappa shape index (κ3) is 11.7. The van der Waals surface area contributed by atoms with Crippen molar-refractivity contribution in [2.75, 3.05) is 0 Å². The highest BCUT2D eigenvalue weighted by atomic mass is 16.4. The van der Waals surface area contributed by atoms with Gasteiger partial charge in [-0.2, -0.15) is 0 Å². The molecule has 0 spiro atoms. The molecule has 102 valence electrons. The molecule has 2 atom stereocenters. The van der Waals surface area contributed by atoms with Crippen molar-refractivity contribution in [2.45, 2.75) is 78.6 Å². The fraction of sp³-hybridized carbons (Fsp3) is 0.933. The van der Waals surface area contributed by atoms with Crippen LogP contribution in [0.15, 0.2) is 0 Å². The molecule has 0 aromatic heterocycles. The Labute approximate surface area is 107 Å². The van der Waals surface area contributed by atoms with Gasteiger partial charge < -0.3 is 5.11 Å². The number of unbranched alkanes of at least 4 members (excludes halogenated alkanes) is 2. The van der Waals surface area contributed by atoms with E-state index < -0.39 is 5.97 Å². The number of hydrogen-bond donors (Lipinski definition) is 1. The Kier molecular flexibility index (Phi) is 10.3. The number of aliphatic carboxylic acids is 1. The standard InChI is InChI=1S/C15H30O2/c1-4-13(2)10-8-11-14(3)9-6-5-7-12-15(16)17/h13-14H,4-12H2,1-3H3,(H,16,17). The maximum absolute atomic E-state index is 10.3. The number of hydrogen-bond acceptors (Lipinski definition) is 1. The van der Waals surface area contributed by atoms with Crippen LogP contribution in [-0.4, -0.2) is 11.1 Å². The van der Waals surface area contributed by atoms with Gasteiger partial charge >= 0.3 is 5.97 Å². The highest BCUT2D eigenvalue weighted by Gasteiger charge is 2.04. The smallest absolute Gasteiger partial charge is 0.303 e. The van der Waals surface area contributed by atoms with E-state index in [0.29, 0.717) is 6.42 Å². The molecule has 0 heterocycles. The molecular weight excluding hydrogens is 212 g/mol. The summed E-state index contributed by atoms with van der Waals surface area (Å²) < 4.78 is 0. The Morgan fingerprint density at radius 1 is 0.941 bits per heavy atom. The molecule has 0 amide bonds. The predicted molar refractivity (Wildman–Crippen MR) is 73.2 cm³/mol. The van der Waals surface area contributed by atoms with Crippen LogP contribution >= 0.6 is 0 Å². The second kappa shape index (κ2) is 10.6. The monoisotopic (exact) mass is 242 g/mol. The molecule has 0 aliphatic carbocycles. The van der Waals surface area contributed by atoms with Gasteiger partial charge in [-0.3, -0.25) is 4.79 Å². The van der Waals surface area contributed by atoms with Crippen LogP contribution in [0.5, 0.6) is 0 Å². The lowest BCUT2D eigenvalue weighted by Crippen LogP contribution is -1.99. The van der Waals surface area contributed by atoms with Crippen LogP contribution in [0.25, 0.3) is 0 Å². The van der Waals surface area contributed by atoms with E-state index in [9.17, 15) is 4.79 Å². The summed E-state index contributed by atoms with van der Waals surface area (Å²) >= 11 is 0. The average molecular weight is 242 g/mol. The predicted octanol–water partition coefficient (Wildman–Crippen LogP) is 4.87. The van der Waals surface area contributed by atoms with E-state index in [1.807, 2.05) is 0 Å². The maximum Gasteiger partial charge on any atom is 0.303 e. The highest BCUT2D eigenvalue weighted by Crippen LogP contribution is 2.19.